The van der Waals surface area contributed by atoms with E-state index in [1.54, 1.807) is 5.57 Å². The van der Waals surface area contributed by atoms with Crippen LogP contribution in [-0.4, -0.2) is 8.07 Å². The van der Waals surface area contributed by atoms with Gasteiger partial charge in [0.15, 0.2) is 0 Å². The third-order valence-corrected chi connectivity index (χ3v) is 3.67. The average molecular weight is 224 g/mol. The van der Waals surface area contributed by atoms with E-state index in [4.69, 9.17) is 0 Å². The zero-order valence-electron chi connectivity index (χ0n) is 11.1. The summed E-state index contributed by atoms with van der Waals surface area (Å²) in [5.74, 6) is 0. The Morgan fingerprint density at radius 3 is 2.27 bits per heavy atom. The molecule has 0 saturated carbocycles. The first-order chi connectivity index (χ1) is 6.99. The molecule has 0 bridgehead atoms. The molecule has 0 unspecified atom stereocenters. The van der Waals surface area contributed by atoms with Gasteiger partial charge < -0.3 is 0 Å². The SMILES string of the molecule is C=CC/C(=C/[Si](C)(C)C)CCCCCC. The maximum atomic E-state index is 3.85. The van der Waals surface area contributed by atoms with Crippen molar-refractivity contribution in [2.45, 2.75) is 65.1 Å². The highest BCUT2D eigenvalue weighted by molar-refractivity contribution is 6.81. The van der Waals surface area contributed by atoms with Crippen LogP contribution in [0.4, 0.5) is 0 Å². The van der Waals surface area contributed by atoms with Crippen LogP contribution in [0.2, 0.25) is 19.6 Å². The summed E-state index contributed by atoms with van der Waals surface area (Å²) in [6, 6.07) is 0. The molecule has 0 aliphatic carbocycles. The van der Waals surface area contributed by atoms with Crippen molar-refractivity contribution in [2.75, 3.05) is 0 Å². The van der Waals surface area contributed by atoms with Gasteiger partial charge in [-0.1, -0.05) is 63.2 Å². The predicted molar refractivity (Wildman–Crippen MR) is 75.0 cm³/mol. The first kappa shape index (κ1) is 14.7. The zero-order chi connectivity index (χ0) is 11.7. The van der Waals surface area contributed by atoms with Crippen LogP contribution in [0.25, 0.3) is 0 Å². The molecule has 0 atom stereocenters. The second-order valence-corrected chi connectivity index (χ2v) is 10.5. The number of unbranched alkanes of at least 4 members (excludes halogenated alkanes) is 3. The molecule has 0 amide bonds. The maximum Gasteiger partial charge on any atom is 0.0686 e. The Bertz CT molecular complexity index is 196. The lowest BCUT2D eigenvalue weighted by atomic mass is 10.1. The van der Waals surface area contributed by atoms with E-state index >= 15 is 0 Å². The van der Waals surface area contributed by atoms with Crippen LogP contribution in [0.5, 0.6) is 0 Å². The lowest BCUT2D eigenvalue weighted by Gasteiger charge is -2.13. The fourth-order valence-corrected chi connectivity index (χ4v) is 3.30. The fourth-order valence-electron chi connectivity index (χ4n) is 1.81. The van der Waals surface area contributed by atoms with Crippen molar-refractivity contribution in [1.29, 1.82) is 0 Å². The molecule has 1 heteroatoms. The molecule has 0 aliphatic heterocycles. The summed E-state index contributed by atoms with van der Waals surface area (Å²) in [7, 11) is -1.04. The van der Waals surface area contributed by atoms with Gasteiger partial charge in [0.1, 0.15) is 0 Å². The van der Waals surface area contributed by atoms with Crippen molar-refractivity contribution in [1.82, 2.24) is 0 Å². The topological polar surface area (TPSA) is 0 Å². The molecule has 0 aliphatic rings. The predicted octanol–water partition coefficient (Wildman–Crippen LogP) is 5.34. The summed E-state index contributed by atoms with van der Waals surface area (Å²) in [6.45, 7) is 13.3. The Morgan fingerprint density at radius 1 is 1.13 bits per heavy atom. The van der Waals surface area contributed by atoms with Gasteiger partial charge in [0.05, 0.1) is 8.07 Å². The molecule has 0 spiro atoms. The third kappa shape index (κ3) is 9.99. The summed E-state index contributed by atoms with van der Waals surface area (Å²) in [5.41, 5.74) is 4.18. The lowest BCUT2D eigenvalue weighted by molar-refractivity contribution is 0.661. The van der Waals surface area contributed by atoms with Crippen molar-refractivity contribution < 1.29 is 0 Å². The van der Waals surface area contributed by atoms with Crippen LogP contribution in [0, 0.1) is 0 Å². The molecule has 0 N–H and O–H groups in total. The van der Waals surface area contributed by atoms with Crippen molar-refractivity contribution >= 4 is 8.07 Å². The molecule has 0 aromatic carbocycles. The molecule has 0 rings (SSSR count). The monoisotopic (exact) mass is 224 g/mol. The first-order valence-electron chi connectivity index (χ1n) is 6.31. The molecular formula is C14H28Si. The minimum atomic E-state index is -1.04. The minimum absolute atomic E-state index is 1.04. The van der Waals surface area contributed by atoms with Gasteiger partial charge in [-0.05, 0) is 19.3 Å². The van der Waals surface area contributed by atoms with E-state index in [9.17, 15) is 0 Å². The summed E-state index contributed by atoms with van der Waals surface area (Å²) >= 11 is 0. The molecule has 0 aromatic rings. The van der Waals surface area contributed by atoms with Gasteiger partial charge in [-0.15, -0.1) is 6.58 Å². The largest absolute Gasteiger partial charge is 0.103 e. The Hall–Kier alpha value is -0.303. The molecule has 0 nitrogen and oxygen atoms in total. The van der Waals surface area contributed by atoms with E-state index in [1.165, 1.54) is 32.1 Å². The average Bonchev–Trinajstić information content (AvgIpc) is 2.10. The second-order valence-electron chi connectivity index (χ2n) is 5.47. The van der Waals surface area contributed by atoms with E-state index in [1.807, 2.05) is 6.08 Å². The number of allylic oxidation sites excluding steroid dienone is 2. The Morgan fingerprint density at radius 2 is 1.80 bits per heavy atom. The molecule has 0 heterocycles. The highest BCUT2D eigenvalue weighted by Gasteiger charge is 2.10. The number of rotatable bonds is 8. The van der Waals surface area contributed by atoms with E-state index < -0.39 is 8.07 Å². The van der Waals surface area contributed by atoms with E-state index in [2.05, 4.69) is 38.8 Å². The summed E-state index contributed by atoms with van der Waals surface area (Å²) in [4.78, 5) is 0. The van der Waals surface area contributed by atoms with Gasteiger partial charge in [-0.2, -0.15) is 0 Å². The Kier molecular flexibility index (Phi) is 7.76. The van der Waals surface area contributed by atoms with Crippen molar-refractivity contribution in [3.8, 4) is 0 Å². The minimum Gasteiger partial charge on any atom is -0.103 e. The maximum absolute atomic E-state index is 3.85. The van der Waals surface area contributed by atoms with Crippen molar-refractivity contribution in [2.24, 2.45) is 0 Å². The number of hydrogen-bond acceptors (Lipinski definition) is 0. The van der Waals surface area contributed by atoms with Gasteiger partial charge in [-0.25, -0.2) is 0 Å². The molecule has 0 aromatic heterocycles. The second kappa shape index (κ2) is 7.92. The Balaban J connectivity index is 4.04. The lowest BCUT2D eigenvalue weighted by Crippen LogP contribution is -2.16. The summed E-state index contributed by atoms with van der Waals surface area (Å²) in [5, 5.41) is 0. The van der Waals surface area contributed by atoms with Crippen molar-refractivity contribution in [3.05, 3.63) is 23.9 Å². The quantitative estimate of drug-likeness (QED) is 0.297. The first-order valence-corrected chi connectivity index (χ1v) is 9.89. The molecule has 0 radical (unpaired) electrons. The molecule has 0 fully saturated rings. The summed E-state index contributed by atoms with van der Waals surface area (Å²) < 4.78 is 0. The van der Waals surface area contributed by atoms with Crippen LogP contribution >= 0.6 is 0 Å². The smallest absolute Gasteiger partial charge is 0.0686 e. The van der Waals surface area contributed by atoms with Crippen LogP contribution in [0.15, 0.2) is 23.9 Å². The van der Waals surface area contributed by atoms with Crippen LogP contribution < -0.4 is 0 Å². The molecule has 15 heavy (non-hydrogen) atoms. The highest BCUT2D eigenvalue weighted by Crippen LogP contribution is 2.17. The van der Waals surface area contributed by atoms with Gasteiger partial charge >= 0.3 is 0 Å². The summed E-state index contributed by atoms with van der Waals surface area (Å²) in [6.07, 6.45) is 9.88. The standard InChI is InChI=1S/C14H28Si/c1-6-8-9-10-12-14(11-7-2)13-15(3,4)5/h7,13H,2,6,8-12H2,1,3-5H3/b14-13-. The van der Waals surface area contributed by atoms with E-state index in [0.717, 1.165) is 6.42 Å². The normalized spacial score (nSPS) is 12.9. The molecular weight excluding hydrogens is 196 g/mol. The van der Waals surface area contributed by atoms with Crippen LogP contribution in [0.1, 0.15) is 45.4 Å². The Labute approximate surface area is 97.5 Å². The number of hydrogen-bond donors (Lipinski definition) is 0. The van der Waals surface area contributed by atoms with Crippen LogP contribution in [-0.2, 0) is 0 Å². The van der Waals surface area contributed by atoms with Gasteiger partial charge in [0.2, 0.25) is 0 Å². The van der Waals surface area contributed by atoms with Crippen LogP contribution in [0.3, 0.4) is 0 Å². The third-order valence-electron chi connectivity index (χ3n) is 2.40. The molecule has 0 saturated heterocycles. The van der Waals surface area contributed by atoms with E-state index in [0.29, 0.717) is 0 Å². The van der Waals surface area contributed by atoms with E-state index in [-0.39, 0.29) is 0 Å². The van der Waals surface area contributed by atoms with Gasteiger partial charge in [-0.3, -0.25) is 0 Å². The zero-order valence-corrected chi connectivity index (χ0v) is 12.1. The fraction of sp³-hybridized carbons (Fsp3) is 0.714. The van der Waals surface area contributed by atoms with Gasteiger partial charge in [0, 0.05) is 0 Å². The molecule has 88 valence electrons. The van der Waals surface area contributed by atoms with Crippen molar-refractivity contribution in [3.63, 3.8) is 0 Å². The van der Waals surface area contributed by atoms with Gasteiger partial charge in [0.25, 0.3) is 0 Å². The highest BCUT2D eigenvalue weighted by atomic mass is 28.3.